The van der Waals surface area contributed by atoms with Crippen LogP contribution in [0.25, 0.3) is 0 Å². The van der Waals surface area contributed by atoms with Crippen molar-refractivity contribution in [1.82, 2.24) is 9.55 Å². The van der Waals surface area contributed by atoms with Crippen LogP contribution in [-0.4, -0.2) is 21.8 Å². The minimum Gasteiger partial charge on any atom is -0.383 e. The van der Waals surface area contributed by atoms with Gasteiger partial charge in [-0.15, -0.1) is 0 Å². The molecule has 2 rings (SSSR count). The molecule has 1 heterocycles. The Kier molecular flexibility index (Phi) is 4.50. The Morgan fingerprint density at radius 2 is 2.24 bits per heavy atom. The summed E-state index contributed by atoms with van der Waals surface area (Å²) in [4.78, 5) is 4.27. The van der Waals surface area contributed by atoms with Gasteiger partial charge in [0.05, 0.1) is 0 Å². The van der Waals surface area contributed by atoms with Gasteiger partial charge in [-0.2, -0.15) is 0 Å². The number of hydrogen-bond acceptors (Lipinski definition) is 3. The van der Waals surface area contributed by atoms with Crippen LogP contribution in [0, 0.1) is 0 Å². The average Bonchev–Trinajstić information content (AvgIpc) is 2.73. The highest BCUT2D eigenvalue weighted by Crippen LogP contribution is 2.21. The number of thioether (sulfide) groups is 1. The Morgan fingerprint density at radius 3 is 2.94 bits per heavy atom. The van der Waals surface area contributed by atoms with Gasteiger partial charge in [-0.1, -0.05) is 23.9 Å². The number of anilines is 1. The molecule has 0 aliphatic carbocycles. The third-order valence-corrected chi connectivity index (χ3v) is 4.05. The molecule has 17 heavy (non-hydrogen) atoms. The van der Waals surface area contributed by atoms with Crippen LogP contribution in [-0.2, 0) is 7.05 Å². The first-order valence-electron chi connectivity index (χ1n) is 5.36. The normalized spacial score (nSPS) is 10.5. The molecule has 3 nitrogen and oxygen atoms in total. The zero-order valence-electron chi connectivity index (χ0n) is 9.56. The van der Waals surface area contributed by atoms with E-state index >= 15 is 0 Å². The molecule has 1 N–H and O–H groups in total. The van der Waals surface area contributed by atoms with Gasteiger partial charge in [0.2, 0.25) is 0 Å². The van der Waals surface area contributed by atoms with Crippen molar-refractivity contribution in [3.05, 3.63) is 41.1 Å². The summed E-state index contributed by atoms with van der Waals surface area (Å²) in [7, 11) is 2.01. The summed E-state index contributed by atoms with van der Waals surface area (Å²) in [6, 6.07) is 8.14. The molecule has 0 amide bonds. The fourth-order valence-corrected chi connectivity index (χ4v) is 2.64. The van der Waals surface area contributed by atoms with E-state index in [4.69, 9.17) is 0 Å². The zero-order chi connectivity index (χ0) is 12.1. The summed E-state index contributed by atoms with van der Waals surface area (Å²) in [6.45, 7) is 0.917. The summed E-state index contributed by atoms with van der Waals surface area (Å²) in [5.41, 5.74) is 1.13. The Bertz CT molecular complexity index is 484. The van der Waals surface area contributed by atoms with Crippen LogP contribution < -0.4 is 5.32 Å². The molecule has 0 fully saturated rings. The van der Waals surface area contributed by atoms with Crippen molar-refractivity contribution < 1.29 is 0 Å². The number of para-hydroxylation sites is 1. The van der Waals surface area contributed by atoms with E-state index in [9.17, 15) is 0 Å². The summed E-state index contributed by atoms with van der Waals surface area (Å²) in [5.74, 6) is 0.992. The predicted octanol–water partition coefficient (Wildman–Crippen LogP) is 3.39. The van der Waals surface area contributed by atoms with E-state index in [1.807, 2.05) is 42.2 Å². The number of aromatic nitrogens is 2. The van der Waals surface area contributed by atoms with E-state index in [0.29, 0.717) is 0 Å². The van der Waals surface area contributed by atoms with Gasteiger partial charge >= 0.3 is 0 Å². The number of nitrogens with zero attached hydrogens (tertiary/aromatic N) is 2. The molecule has 0 aliphatic heterocycles. The molecular weight excluding hydrogens is 298 g/mol. The van der Waals surface area contributed by atoms with E-state index < -0.39 is 0 Å². The monoisotopic (exact) mass is 311 g/mol. The van der Waals surface area contributed by atoms with Crippen LogP contribution in [0.2, 0.25) is 0 Å². The first kappa shape index (κ1) is 12.5. The summed E-state index contributed by atoms with van der Waals surface area (Å²) >= 11 is 5.27. The molecule has 90 valence electrons. The lowest BCUT2D eigenvalue weighted by atomic mass is 10.3. The van der Waals surface area contributed by atoms with Crippen LogP contribution >= 0.6 is 27.7 Å². The highest BCUT2D eigenvalue weighted by atomic mass is 79.9. The van der Waals surface area contributed by atoms with Gasteiger partial charge in [-0.25, -0.2) is 4.98 Å². The Labute approximate surface area is 114 Å². The molecule has 0 aliphatic rings. The fraction of sp³-hybridized carbons (Fsp3) is 0.250. The number of benzene rings is 1. The first-order valence-corrected chi connectivity index (χ1v) is 7.14. The standard InChI is InChI=1S/C12H14BrN3S/c1-16-8-6-15-12(16)17-9-7-14-11-5-3-2-4-10(11)13/h2-6,8,14H,7,9H2,1H3. The largest absolute Gasteiger partial charge is 0.383 e. The van der Waals surface area contributed by atoms with E-state index in [2.05, 4.69) is 32.3 Å². The van der Waals surface area contributed by atoms with Crippen molar-refractivity contribution in [3.63, 3.8) is 0 Å². The van der Waals surface area contributed by atoms with Crippen molar-refractivity contribution in [2.75, 3.05) is 17.6 Å². The second kappa shape index (κ2) is 6.12. The summed E-state index contributed by atoms with van der Waals surface area (Å²) in [5, 5.41) is 4.44. The lowest BCUT2D eigenvalue weighted by Crippen LogP contribution is -2.05. The van der Waals surface area contributed by atoms with Crippen LogP contribution in [0.1, 0.15) is 0 Å². The second-order valence-corrected chi connectivity index (χ2v) is 5.49. The van der Waals surface area contributed by atoms with Crippen molar-refractivity contribution in [3.8, 4) is 0 Å². The van der Waals surface area contributed by atoms with Crippen LogP contribution in [0.4, 0.5) is 5.69 Å². The molecule has 1 aromatic heterocycles. The number of hydrogen-bond donors (Lipinski definition) is 1. The number of aryl methyl sites for hydroxylation is 1. The van der Waals surface area contributed by atoms with Crippen molar-refractivity contribution >= 4 is 33.4 Å². The third-order valence-electron chi connectivity index (χ3n) is 2.30. The molecule has 0 spiro atoms. The molecule has 0 saturated carbocycles. The van der Waals surface area contributed by atoms with Gasteiger partial charge in [0, 0.05) is 41.9 Å². The molecule has 0 unspecified atom stereocenters. The highest BCUT2D eigenvalue weighted by Gasteiger charge is 2.00. The Hall–Kier alpha value is -0.940. The zero-order valence-corrected chi connectivity index (χ0v) is 12.0. The third kappa shape index (κ3) is 3.51. The van der Waals surface area contributed by atoms with E-state index in [1.165, 1.54) is 0 Å². The second-order valence-electron chi connectivity index (χ2n) is 3.58. The average molecular weight is 312 g/mol. The van der Waals surface area contributed by atoms with Gasteiger partial charge < -0.3 is 9.88 Å². The molecule has 1 aromatic carbocycles. The van der Waals surface area contributed by atoms with Crippen LogP contribution in [0.15, 0.2) is 46.3 Å². The Balaban J connectivity index is 1.77. The van der Waals surface area contributed by atoms with E-state index in [0.717, 1.165) is 27.6 Å². The predicted molar refractivity (Wildman–Crippen MR) is 76.6 cm³/mol. The van der Waals surface area contributed by atoms with Crippen molar-refractivity contribution in [2.24, 2.45) is 7.05 Å². The van der Waals surface area contributed by atoms with Crippen molar-refractivity contribution in [1.29, 1.82) is 0 Å². The maximum Gasteiger partial charge on any atom is 0.167 e. The molecule has 0 bridgehead atoms. The number of rotatable bonds is 5. The maximum atomic E-state index is 4.27. The van der Waals surface area contributed by atoms with E-state index in [1.54, 1.807) is 11.8 Å². The van der Waals surface area contributed by atoms with Gasteiger partial charge in [0.1, 0.15) is 0 Å². The van der Waals surface area contributed by atoms with Crippen LogP contribution in [0.3, 0.4) is 0 Å². The molecular formula is C12H14BrN3S. The molecule has 0 saturated heterocycles. The van der Waals surface area contributed by atoms with Gasteiger partial charge in [-0.05, 0) is 28.1 Å². The van der Waals surface area contributed by atoms with Crippen LogP contribution in [0.5, 0.6) is 0 Å². The summed E-state index contributed by atoms with van der Waals surface area (Å²) < 4.78 is 3.13. The van der Waals surface area contributed by atoms with Gasteiger partial charge in [-0.3, -0.25) is 0 Å². The molecule has 0 atom stereocenters. The fourth-order valence-electron chi connectivity index (χ4n) is 1.42. The lowest BCUT2D eigenvalue weighted by Gasteiger charge is -2.07. The van der Waals surface area contributed by atoms with Gasteiger partial charge in [0.15, 0.2) is 5.16 Å². The molecule has 5 heteroatoms. The topological polar surface area (TPSA) is 29.9 Å². The maximum absolute atomic E-state index is 4.27. The Morgan fingerprint density at radius 1 is 1.41 bits per heavy atom. The number of imidazole rings is 1. The number of nitrogens with one attached hydrogen (secondary N) is 1. The lowest BCUT2D eigenvalue weighted by molar-refractivity contribution is 0.790. The summed E-state index contributed by atoms with van der Waals surface area (Å²) in [6.07, 6.45) is 3.78. The first-order chi connectivity index (χ1) is 8.27. The minimum absolute atomic E-state index is 0.917. The number of halogens is 1. The highest BCUT2D eigenvalue weighted by molar-refractivity contribution is 9.10. The van der Waals surface area contributed by atoms with Crippen molar-refractivity contribution in [2.45, 2.75) is 5.16 Å². The van der Waals surface area contributed by atoms with Gasteiger partial charge in [0.25, 0.3) is 0 Å². The quantitative estimate of drug-likeness (QED) is 0.678. The van der Waals surface area contributed by atoms with E-state index in [-0.39, 0.29) is 0 Å². The minimum atomic E-state index is 0.917. The molecule has 0 radical (unpaired) electrons. The SMILES string of the molecule is Cn1ccnc1SCCNc1ccccc1Br. The smallest absolute Gasteiger partial charge is 0.167 e. The molecule has 2 aromatic rings.